The second kappa shape index (κ2) is 5.31. The quantitative estimate of drug-likeness (QED) is 0.822. The fourth-order valence-electron chi connectivity index (χ4n) is 2.52. The van der Waals surface area contributed by atoms with Crippen LogP contribution in [0.1, 0.15) is 36.7 Å². The Morgan fingerprint density at radius 2 is 2.53 bits per heavy atom. The van der Waals surface area contributed by atoms with E-state index in [9.17, 15) is 4.79 Å². The van der Waals surface area contributed by atoms with Crippen LogP contribution in [0, 0.1) is 5.92 Å². The Bertz CT molecular complexity index is 363. The lowest BCUT2D eigenvalue weighted by molar-refractivity contribution is 0.0553. The zero-order valence-electron chi connectivity index (χ0n) is 10.2. The van der Waals surface area contributed by atoms with Gasteiger partial charge in [-0.05, 0) is 18.8 Å². The van der Waals surface area contributed by atoms with Crippen molar-refractivity contribution in [3.63, 3.8) is 0 Å². The van der Waals surface area contributed by atoms with Gasteiger partial charge in [0.1, 0.15) is 5.69 Å². The second-order valence-electron chi connectivity index (χ2n) is 4.65. The van der Waals surface area contributed by atoms with Gasteiger partial charge in [0.25, 0.3) is 5.91 Å². The van der Waals surface area contributed by atoms with Gasteiger partial charge in [-0.25, -0.2) is 4.98 Å². The van der Waals surface area contributed by atoms with E-state index in [-0.39, 0.29) is 11.9 Å². The van der Waals surface area contributed by atoms with E-state index in [2.05, 4.69) is 16.9 Å². The lowest BCUT2D eigenvalue weighted by Crippen LogP contribution is -2.49. The first-order valence-electron chi connectivity index (χ1n) is 6.25. The number of nitrogens with two attached hydrogens (primary N) is 1. The molecule has 94 valence electrons. The third kappa shape index (κ3) is 2.49. The maximum Gasteiger partial charge on any atom is 0.272 e. The van der Waals surface area contributed by atoms with Crippen LogP contribution in [0.3, 0.4) is 0 Å². The molecule has 0 spiro atoms. The largest absolute Gasteiger partial charge is 0.341 e. The predicted molar refractivity (Wildman–Crippen MR) is 65.5 cm³/mol. The number of nitrogens with zero attached hydrogens (tertiary/aromatic N) is 2. The standard InChI is InChI=1S/C12H20N4O/c1-2-9-3-4-16(10(5-9)6-13)12(17)11-7-14-8-15-11/h7-10H,2-6,13H2,1H3,(H,14,15). The molecular weight excluding hydrogens is 216 g/mol. The van der Waals surface area contributed by atoms with Crippen LogP contribution in [-0.2, 0) is 0 Å². The van der Waals surface area contributed by atoms with Crippen LogP contribution in [0.5, 0.6) is 0 Å². The Kier molecular flexibility index (Phi) is 3.78. The fourth-order valence-corrected chi connectivity index (χ4v) is 2.52. The lowest BCUT2D eigenvalue weighted by Gasteiger charge is -2.38. The molecule has 0 radical (unpaired) electrons. The fraction of sp³-hybridized carbons (Fsp3) is 0.667. The Balaban J connectivity index is 2.07. The van der Waals surface area contributed by atoms with E-state index in [1.165, 1.54) is 12.7 Å². The molecule has 1 amide bonds. The Morgan fingerprint density at radius 1 is 1.71 bits per heavy atom. The number of likely N-dealkylation sites (tertiary alicyclic amines) is 1. The van der Waals surface area contributed by atoms with Crippen LogP contribution < -0.4 is 5.73 Å². The molecule has 5 heteroatoms. The van der Waals surface area contributed by atoms with Crippen LogP contribution in [0.4, 0.5) is 0 Å². The smallest absolute Gasteiger partial charge is 0.272 e. The lowest BCUT2D eigenvalue weighted by atomic mass is 9.88. The highest BCUT2D eigenvalue weighted by Gasteiger charge is 2.30. The summed E-state index contributed by atoms with van der Waals surface area (Å²) in [6, 6.07) is 0.171. The van der Waals surface area contributed by atoms with Crippen LogP contribution in [0.25, 0.3) is 0 Å². The van der Waals surface area contributed by atoms with Crippen molar-refractivity contribution >= 4 is 5.91 Å². The third-order valence-corrected chi connectivity index (χ3v) is 3.66. The summed E-state index contributed by atoms with van der Waals surface area (Å²) in [5.74, 6) is 0.724. The van der Waals surface area contributed by atoms with Gasteiger partial charge in [0.05, 0.1) is 12.5 Å². The summed E-state index contributed by atoms with van der Waals surface area (Å²) in [4.78, 5) is 20.9. The van der Waals surface area contributed by atoms with Crippen molar-refractivity contribution in [3.8, 4) is 0 Å². The summed E-state index contributed by atoms with van der Waals surface area (Å²) in [6.07, 6.45) is 6.37. The number of hydrogen-bond acceptors (Lipinski definition) is 3. The van der Waals surface area contributed by atoms with Gasteiger partial charge in [-0.15, -0.1) is 0 Å². The molecule has 1 aromatic heterocycles. The SMILES string of the molecule is CCC1CCN(C(=O)c2cnc[nH]2)C(CN)C1. The summed E-state index contributed by atoms with van der Waals surface area (Å²) < 4.78 is 0. The number of hydrogen-bond donors (Lipinski definition) is 2. The summed E-state index contributed by atoms with van der Waals surface area (Å²) in [7, 11) is 0. The Morgan fingerprint density at radius 3 is 3.12 bits per heavy atom. The van der Waals surface area contributed by atoms with Gasteiger partial charge < -0.3 is 15.6 Å². The summed E-state index contributed by atoms with van der Waals surface area (Å²) >= 11 is 0. The minimum atomic E-state index is 0.0208. The number of carbonyl (C=O) groups is 1. The molecule has 3 N–H and O–H groups in total. The number of aromatic nitrogens is 2. The minimum absolute atomic E-state index is 0.0208. The van der Waals surface area contributed by atoms with Crippen molar-refractivity contribution in [2.75, 3.05) is 13.1 Å². The zero-order valence-corrected chi connectivity index (χ0v) is 10.2. The van der Waals surface area contributed by atoms with Crippen molar-refractivity contribution in [3.05, 3.63) is 18.2 Å². The molecule has 2 rings (SSSR count). The van der Waals surface area contributed by atoms with E-state index >= 15 is 0 Å². The molecule has 5 nitrogen and oxygen atoms in total. The first-order chi connectivity index (χ1) is 8.26. The van der Waals surface area contributed by atoms with E-state index in [1.54, 1.807) is 6.20 Å². The highest BCUT2D eigenvalue weighted by Crippen LogP contribution is 2.25. The molecule has 2 atom stereocenters. The third-order valence-electron chi connectivity index (χ3n) is 3.66. The average molecular weight is 236 g/mol. The predicted octanol–water partition coefficient (Wildman–Crippen LogP) is 0.999. The molecule has 2 heterocycles. The van der Waals surface area contributed by atoms with E-state index in [4.69, 9.17) is 5.73 Å². The van der Waals surface area contributed by atoms with Crippen molar-refractivity contribution in [1.82, 2.24) is 14.9 Å². The number of piperidine rings is 1. The highest BCUT2D eigenvalue weighted by atomic mass is 16.2. The number of amides is 1. The first-order valence-corrected chi connectivity index (χ1v) is 6.25. The van der Waals surface area contributed by atoms with Crippen molar-refractivity contribution in [2.45, 2.75) is 32.2 Å². The molecule has 1 aromatic rings. The summed E-state index contributed by atoms with van der Waals surface area (Å²) in [5.41, 5.74) is 6.34. The molecular formula is C12H20N4O. The molecule has 0 aromatic carbocycles. The van der Waals surface area contributed by atoms with Gasteiger partial charge in [-0.3, -0.25) is 4.79 Å². The van der Waals surface area contributed by atoms with E-state index in [0.717, 1.165) is 19.4 Å². The Hall–Kier alpha value is -1.36. The van der Waals surface area contributed by atoms with Crippen LogP contribution in [0.2, 0.25) is 0 Å². The number of H-pyrrole nitrogens is 1. The monoisotopic (exact) mass is 236 g/mol. The summed E-state index contributed by atoms with van der Waals surface area (Å²) in [6.45, 7) is 3.54. The molecule has 1 aliphatic heterocycles. The normalized spacial score (nSPS) is 24.9. The van der Waals surface area contributed by atoms with Gasteiger partial charge in [-0.1, -0.05) is 13.3 Å². The molecule has 1 fully saturated rings. The molecule has 17 heavy (non-hydrogen) atoms. The highest BCUT2D eigenvalue weighted by molar-refractivity contribution is 5.92. The molecule has 1 saturated heterocycles. The van der Waals surface area contributed by atoms with E-state index < -0.39 is 0 Å². The van der Waals surface area contributed by atoms with Crippen LogP contribution in [0.15, 0.2) is 12.5 Å². The second-order valence-corrected chi connectivity index (χ2v) is 4.65. The van der Waals surface area contributed by atoms with Gasteiger partial charge in [-0.2, -0.15) is 0 Å². The van der Waals surface area contributed by atoms with Gasteiger partial charge >= 0.3 is 0 Å². The Labute approximate surface area is 101 Å². The van der Waals surface area contributed by atoms with Crippen molar-refractivity contribution in [2.24, 2.45) is 11.7 Å². The maximum atomic E-state index is 12.2. The van der Waals surface area contributed by atoms with Gasteiger partial charge in [0, 0.05) is 19.1 Å². The van der Waals surface area contributed by atoms with Crippen molar-refractivity contribution in [1.29, 1.82) is 0 Å². The van der Waals surface area contributed by atoms with E-state index in [1.807, 2.05) is 4.90 Å². The molecule has 1 aliphatic rings. The average Bonchev–Trinajstić information content (AvgIpc) is 2.91. The first kappa shape index (κ1) is 12.1. The number of nitrogens with one attached hydrogen (secondary N) is 1. The number of aromatic amines is 1. The summed E-state index contributed by atoms with van der Waals surface area (Å²) in [5, 5.41) is 0. The van der Waals surface area contributed by atoms with Crippen molar-refractivity contribution < 1.29 is 4.79 Å². The zero-order chi connectivity index (χ0) is 12.3. The number of imidazole rings is 1. The van der Waals surface area contributed by atoms with Gasteiger partial charge in [0.2, 0.25) is 0 Å². The molecule has 0 bridgehead atoms. The molecule has 0 saturated carbocycles. The minimum Gasteiger partial charge on any atom is -0.341 e. The van der Waals surface area contributed by atoms with E-state index in [0.29, 0.717) is 18.2 Å². The van der Waals surface area contributed by atoms with Crippen LogP contribution in [-0.4, -0.2) is 39.9 Å². The maximum absolute atomic E-state index is 12.2. The number of carbonyl (C=O) groups excluding carboxylic acids is 1. The van der Waals surface area contributed by atoms with Crippen LogP contribution >= 0.6 is 0 Å². The number of rotatable bonds is 3. The van der Waals surface area contributed by atoms with Gasteiger partial charge in [0.15, 0.2) is 0 Å². The topological polar surface area (TPSA) is 75.0 Å². The molecule has 0 aliphatic carbocycles. The molecule has 2 unspecified atom stereocenters.